The van der Waals surface area contributed by atoms with Crippen molar-refractivity contribution in [3.63, 3.8) is 0 Å². The summed E-state index contributed by atoms with van der Waals surface area (Å²) in [5.74, 6) is 1.69. The van der Waals surface area contributed by atoms with Crippen LogP contribution in [0.15, 0.2) is 49.1 Å². The normalized spacial score (nSPS) is 22.0. The zero-order valence-electron chi connectivity index (χ0n) is 16.3. The third-order valence-electron chi connectivity index (χ3n) is 6.54. The SMILES string of the molecule is Cc1ccc(C2CCC(C(=O)c3c(C4CC4)ccn4cncc34)CC2)cc1.F. The second kappa shape index (κ2) is 7.50. The Balaban J connectivity index is 0.00000192. The molecule has 0 aliphatic heterocycles. The molecule has 0 atom stereocenters. The summed E-state index contributed by atoms with van der Waals surface area (Å²) in [6.07, 6.45) is 12.4. The van der Waals surface area contributed by atoms with E-state index >= 15 is 0 Å². The predicted molar refractivity (Wildman–Crippen MR) is 110 cm³/mol. The highest BCUT2D eigenvalue weighted by molar-refractivity contribution is 6.05. The number of carbonyl (C=O) groups excluding carboxylic acids is 1. The number of hydrogen-bond donors (Lipinski definition) is 0. The van der Waals surface area contributed by atoms with Gasteiger partial charge in [-0.1, -0.05) is 29.8 Å². The van der Waals surface area contributed by atoms with Crippen LogP contribution in [0.1, 0.15) is 77.4 Å². The first kappa shape index (κ1) is 18.9. The summed E-state index contributed by atoms with van der Waals surface area (Å²) in [5, 5.41) is 0. The smallest absolute Gasteiger partial charge is 0.168 e. The maximum Gasteiger partial charge on any atom is 0.168 e. The van der Waals surface area contributed by atoms with Crippen LogP contribution in [0, 0.1) is 12.8 Å². The highest BCUT2D eigenvalue weighted by atomic mass is 19.0. The molecule has 5 rings (SSSR count). The van der Waals surface area contributed by atoms with Gasteiger partial charge < -0.3 is 4.40 Å². The van der Waals surface area contributed by atoms with Gasteiger partial charge in [0.25, 0.3) is 0 Å². The van der Waals surface area contributed by atoms with Crippen LogP contribution in [0.3, 0.4) is 0 Å². The van der Waals surface area contributed by atoms with E-state index in [0.29, 0.717) is 17.6 Å². The summed E-state index contributed by atoms with van der Waals surface area (Å²) in [6.45, 7) is 2.13. The zero-order chi connectivity index (χ0) is 18.4. The number of halogens is 1. The molecule has 3 nitrogen and oxygen atoms in total. The lowest BCUT2D eigenvalue weighted by Crippen LogP contribution is -2.23. The van der Waals surface area contributed by atoms with Crippen molar-refractivity contribution in [2.45, 2.75) is 57.3 Å². The van der Waals surface area contributed by atoms with E-state index in [9.17, 15) is 4.79 Å². The molecule has 2 aliphatic carbocycles. The molecular formula is C24H27FN2O. The number of fused-ring (bicyclic) bond motifs is 1. The average molecular weight is 378 g/mol. The number of aryl methyl sites for hydroxylation is 1. The highest BCUT2D eigenvalue weighted by Crippen LogP contribution is 2.44. The van der Waals surface area contributed by atoms with E-state index in [2.05, 4.69) is 48.4 Å². The number of carbonyl (C=O) groups is 1. The van der Waals surface area contributed by atoms with Crippen molar-refractivity contribution in [3.8, 4) is 0 Å². The third kappa shape index (κ3) is 3.36. The van der Waals surface area contributed by atoms with Gasteiger partial charge in [-0.2, -0.15) is 0 Å². The van der Waals surface area contributed by atoms with E-state index in [4.69, 9.17) is 0 Å². The van der Waals surface area contributed by atoms with Gasteiger partial charge in [0.15, 0.2) is 5.78 Å². The van der Waals surface area contributed by atoms with Crippen LogP contribution in [0.4, 0.5) is 4.70 Å². The van der Waals surface area contributed by atoms with Gasteiger partial charge in [-0.3, -0.25) is 9.50 Å². The fourth-order valence-electron chi connectivity index (χ4n) is 4.74. The molecule has 1 aromatic carbocycles. The van der Waals surface area contributed by atoms with Crippen LogP contribution >= 0.6 is 0 Å². The summed E-state index contributed by atoms with van der Waals surface area (Å²) in [5.41, 5.74) is 5.95. The minimum atomic E-state index is 0. The molecule has 0 spiro atoms. The molecule has 0 radical (unpaired) electrons. The molecule has 2 fully saturated rings. The number of ketones is 1. The van der Waals surface area contributed by atoms with Crippen molar-refractivity contribution >= 4 is 11.3 Å². The number of rotatable bonds is 4. The van der Waals surface area contributed by atoms with Crippen molar-refractivity contribution in [2.75, 3.05) is 0 Å². The maximum absolute atomic E-state index is 13.5. The first-order chi connectivity index (χ1) is 13.2. The summed E-state index contributed by atoms with van der Waals surface area (Å²) in [7, 11) is 0. The van der Waals surface area contributed by atoms with E-state index in [1.54, 1.807) is 6.33 Å². The Bertz CT molecular complexity index is 980. The Kier molecular flexibility index (Phi) is 5.05. The molecule has 0 saturated heterocycles. The molecule has 4 heteroatoms. The summed E-state index contributed by atoms with van der Waals surface area (Å²) in [6, 6.07) is 11.1. The lowest BCUT2D eigenvalue weighted by atomic mass is 9.75. The number of nitrogens with zero attached hydrogens (tertiary/aromatic N) is 2. The van der Waals surface area contributed by atoms with Gasteiger partial charge in [0.2, 0.25) is 0 Å². The van der Waals surface area contributed by atoms with Gasteiger partial charge in [0.05, 0.1) is 18.0 Å². The van der Waals surface area contributed by atoms with E-state index in [1.165, 1.54) is 29.5 Å². The standard InChI is InChI=1S/C24H26N2O.FH/c1-16-2-4-17(5-3-16)18-6-10-20(11-7-18)24(27)23-21(19-8-9-19)12-13-26-15-25-14-22(23)26;/h2-5,12-15,18-20H,6-11H2,1H3;1H. The van der Waals surface area contributed by atoms with Gasteiger partial charge in [-0.15, -0.1) is 0 Å². The molecule has 0 N–H and O–H groups in total. The first-order valence-corrected chi connectivity index (χ1v) is 10.3. The molecule has 0 amide bonds. The molecular weight excluding hydrogens is 351 g/mol. The van der Waals surface area contributed by atoms with Gasteiger partial charge in [0.1, 0.15) is 0 Å². The monoisotopic (exact) mass is 378 g/mol. The Morgan fingerprint density at radius 1 is 0.964 bits per heavy atom. The Hall–Kier alpha value is -2.49. The minimum Gasteiger partial charge on any atom is -0.306 e. The van der Waals surface area contributed by atoms with Gasteiger partial charge >= 0.3 is 0 Å². The zero-order valence-corrected chi connectivity index (χ0v) is 16.3. The van der Waals surface area contributed by atoms with Crippen molar-refractivity contribution in [1.29, 1.82) is 0 Å². The summed E-state index contributed by atoms with van der Waals surface area (Å²) < 4.78 is 2.00. The molecule has 2 aromatic heterocycles. The Labute approximate surface area is 165 Å². The lowest BCUT2D eigenvalue weighted by molar-refractivity contribution is 0.0884. The molecule has 28 heavy (non-hydrogen) atoms. The van der Waals surface area contributed by atoms with Crippen LogP contribution in [0.5, 0.6) is 0 Å². The number of hydrogen-bond acceptors (Lipinski definition) is 2. The molecule has 146 valence electrons. The van der Waals surface area contributed by atoms with E-state index in [-0.39, 0.29) is 10.6 Å². The number of imidazole rings is 1. The first-order valence-electron chi connectivity index (χ1n) is 10.3. The van der Waals surface area contributed by atoms with Crippen LogP contribution in [-0.4, -0.2) is 15.2 Å². The van der Waals surface area contributed by atoms with E-state index in [0.717, 1.165) is 36.8 Å². The van der Waals surface area contributed by atoms with Crippen LogP contribution < -0.4 is 0 Å². The molecule has 0 bridgehead atoms. The van der Waals surface area contributed by atoms with Crippen LogP contribution in [0.2, 0.25) is 0 Å². The number of aromatic nitrogens is 2. The summed E-state index contributed by atoms with van der Waals surface area (Å²) in [4.78, 5) is 17.8. The molecule has 3 aromatic rings. The van der Waals surface area contributed by atoms with E-state index in [1.807, 2.05) is 10.6 Å². The Morgan fingerprint density at radius 3 is 2.32 bits per heavy atom. The second-order valence-corrected chi connectivity index (χ2v) is 8.43. The van der Waals surface area contributed by atoms with Crippen molar-refractivity contribution in [2.24, 2.45) is 5.92 Å². The second-order valence-electron chi connectivity index (χ2n) is 8.43. The lowest BCUT2D eigenvalue weighted by Gasteiger charge is -2.28. The van der Waals surface area contributed by atoms with E-state index < -0.39 is 0 Å². The summed E-state index contributed by atoms with van der Waals surface area (Å²) >= 11 is 0. The number of benzene rings is 1. The van der Waals surface area contributed by atoms with Crippen LogP contribution in [0.25, 0.3) is 5.52 Å². The Morgan fingerprint density at radius 2 is 1.64 bits per heavy atom. The minimum absolute atomic E-state index is 0. The molecule has 2 aliphatic rings. The number of Topliss-reactive ketones (excluding diaryl/α,β-unsaturated/α-hetero) is 1. The average Bonchev–Trinajstić information content (AvgIpc) is 3.44. The molecule has 2 saturated carbocycles. The maximum atomic E-state index is 13.5. The van der Waals surface area contributed by atoms with Gasteiger partial charge in [-0.05, 0) is 74.5 Å². The third-order valence-corrected chi connectivity index (χ3v) is 6.54. The largest absolute Gasteiger partial charge is 0.306 e. The molecule has 2 heterocycles. The van der Waals surface area contributed by atoms with Gasteiger partial charge in [-0.25, -0.2) is 4.98 Å². The van der Waals surface area contributed by atoms with Gasteiger partial charge in [0, 0.05) is 17.7 Å². The highest BCUT2D eigenvalue weighted by Gasteiger charge is 2.34. The van der Waals surface area contributed by atoms with Crippen molar-refractivity contribution in [3.05, 3.63) is 71.3 Å². The quantitative estimate of drug-likeness (QED) is 0.535. The fourth-order valence-corrected chi connectivity index (χ4v) is 4.74. The number of pyridine rings is 1. The van der Waals surface area contributed by atoms with Crippen molar-refractivity contribution in [1.82, 2.24) is 9.38 Å². The topological polar surface area (TPSA) is 34.4 Å². The molecule has 0 unspecified atom stereocenters. The van der Waals surface area contributed by atoms with Crippen LogP contribution in [-0.2, 0) is 0 Å². The fraction of sp³-hybridized carbons (Fsp3) is 0.417. The predicted octanol–water partition coefficient (Wildman–Crippen LogP) is 5.83. The van der Waals surface area contributed by atoms with Crippen molar-refractivity contribution < 1.29 is 9.50 Å².